The van der Waals surface area contributed by atoms with Gasteiger partial charge in [-0.15, -0.1) is 0 Å². The number of fused-ring (bicyclic) bond motifs is 1. The van der Waals surface area contributed by atoms with Gasteiger partial charge in [0.2, 0.25) is 16.8 Å². The molecule has 21 heavy (non-hydrogen) atoms. The van der Waals surface area contributed by atoms with Crippen LogP contribution in [0.4, 0.5) is 0 Å². The lowest BCUT2D eigenvalue weighted by Gasteiger charge is -2.13. The lowest BCUT2D eigenvalue weighted by atomic mass is 10.1. The van der Waals surface area contributed by atoms with Gasteiger partial charge in [0.05, 0.1) is 11.9 Å². The molecule has 118 valence electrons. The van der Waals surface area contributed by atoms with Crippen LogP contribution in [0.2, 0.25) is 0 Å². The molecule has 0 spiro atoms. The lowest BCUT2D eigenvalue weighted by Crippen LogP contribution is -2.30. The van der Waals surface area contributed by atoms with Gasteiger partial charge in [-0.25, -0.2) is 13.1 Å². The number of ether oxygens (including phenoxy) is 2. The van der Waals surface area contributed by atoms with Gasteiger partial charge >= 0.3 is 0 Å². The second kappa shape index (κ2) is 6.64. The lowest BCUT2D eigenvalue weighted by molar-refractivity contribution is 0.166. The molecule has 1 aromatic carbocycles. The fourth-order valence-electron chi connectivity index (χ4n) is 2.14. The van der Waals surface area contributed by atoms with Crippen LogP contribution in [0, 0.1) is 5.92 Å². The normalized spacial score (nSPS) is 15.4. The van der Waals surface area contributed by atoms with Crippen LogP contribution >= 0.6 is 0 Å². The first kappa shape index (κ1) is 16.1. The Labute approximate surface area is 125 Å². The van der Waals surface area contributed by atoms with E-state index in [0.29, 0.717) is 23.5 Å². The summed E-state index contributed by atoms with van der Waals surface area (Å²) in [6.07, 6.45) is -0.446. The maximum Gasteiger partial charge on any atom is 0.231 e. The average Bonchev–Trinajstić information content (AvgIpc) is 2.83. The van der Waals surface area contributed by atoms with Crippen molar-refractivity contribution in [1.29, 1.82) is 0 Å². The van der Waals surface area contributed by atoms with E-state index in [-0.39, 0.29) is 25.0 Å². The van der Waals surface area contributed by atoms with Crippen molar-refractivity contribution in [3.05, 3.63) is 23.8 Å². The van der Waals surface area contributed by atoms with Crippen molar-refractivity contribution >= 4 is 10.0 Å². The first-order valence-corrected chi connectivity index (χ1v) is 8.57. The maximum atomic E-state index is 11.7. The van der Waals surface area contributed by atoms with Crippen LogP contribution in [-0.2, 0) is 10.0 Å². The van der Waals surface area contributed by atoms with Crippen LogP contribution in [0.1, 0.15) is 31.9 Å². The first-order chi connectivity index (χ1) is 9.87. The van der Waals surface area contributed by atoms with E-state index in [1.807, 2.05) is 13.8 Å². The average molecular weight is 315 g/mol. The molecular formula is C14H21NO5S. The number of benzene rings is 1. The summed E-state index contributed by atoms with van der Waals surface area (Å²) in [5.41, 5.74) is 0.683. The van der Waals surface area contributed by atoms with E-state index in [9.17, 15) is 13.5 Å². The predicted molar refractivity (Wildman–Crippen MR) is 78.8 cm³/mol. The number of aliphatic hydroxyl groups excluding tert-OH is 1. The van der Waals surface area contributed by atoms with Crippen molar-refractivity contribution in [3.8, 4) is 11.5 Å². The third-order valence-corrected chi connectivity index (χ3v) is 4.82. The number of aliphatic hydroxyl groups is 1. The molecule has 0 saturated carbocycles. The molecule has 1 aliphatic rings. The predicted octanol–water partition coefficient (Wildman–Crippen LogP) is 1.41. The van der Waals surface area contributed by atoms with Crippen LogP contribution in [0.5, 0.6) is 11.5 Å². The number of hydrogen-bond donors (Lipinski definition) is 2. The molecule has 1 heterocycles. The smallest absolute Gasteiger partial charge is 0.231 e. The Bertz CT molecular complexity index is 585. The standard InChI is InChI=1S/C14H21NO5S/c1-10(2)8-21(17,18)15-6-5-12(16)11-3-4-13-14(7-11)20-9-19-13/h3-4,7,10,12,15-16H,5-6,8-9H2,1-2H3. The molecule has 1 aromatic rings. The zero-order valence-corrected chi connectivity index (χ0v) is 13.0. The highest BCUT2D eigenvalue weighted by atomic mass is 32.2. The summed E-state index contributed by atoms with van der Waals surface area (Å²) < 4.78 is 36.3. The fraction of sp³-hybridized carbons (Fsp3) is 0.571. The molecule has 0 fully saturated rings. The summed E-state index contributed by atoms with van der Waals surface area (Å²) in [7, 11) is -3.27. The third kappa shape index (κ3) is 4.59. The number of rotatable bonds is 7. The van der Waals surface area contributed by atoms with E-state index < -0.39 is 16.1 Å². The molecule has 0 radical (unpaired) electrons. The Kier molecular flexibility index (Phi) is 5.08. The van der Waals surface area contributed by atoms with E-state index in [4.69, 9.17) is 9.47 Å². The van der Waals surface area contributed by atoms with Crippen molar-refractivity contribution < 1.29 is 23.0 Å². The van der Waals surface area contributed by atoms with Crippen molar-refractivity contribution in [2.24, 2.45) is 5.92 Å². The minimum atomic E-state index is -3.27. The molecule has 1 atom stereocenters. The van der Waals surface area contributed by atoms with E-state index >= 15 is 0 Å². The van der Waals surface area contributed by atoms with Crippen LogP contribution < -0.4 is 14.2 Å². The zero-order chi connectivity index (χ0) is 15.5. The van der Waals surface area contributed by atoms with Gasteiger partial charge in [-0.1, -0.05) is 19.9 Å². The van der Waals surface area contributed by atoms with Crippen LogP contribution in [0.25, 0.3) is 0 Å². The third-order valence-electron chi connectivity index (χ3n) is 3.07. The van der Waals surface area contributed by atoms with Crippen molar-refractivity contribution in [2.45, 2.75) is 26.4 Å². The molecule has 2 N–H and O–H groups in total. The topological polar surface area (TPSA) is 84.9 Å². The summed E-state index contributed by atoms with van der Waals surface area (Å²) >= 11 is 0. The quantitative estimate of drug-likeness (QED) is 0.795. The van der Waals surface area contributed by atoms with Gasteiger partial charge in [-0.05, 0) is 30.0 Å². The second-order valence-electron chi connectivity index (χ2n) is 5.49. The number of sulfonamides is 1. The molecule has 1 aliphatic heterocycles. The highest BCUT2D eigenvalue weighted by molar-refractivity contribution is 7.89. The fourth-order valence-corrected chi connectivity index (χ4v) is 3.56. The Balaban J connectivity index is 1.86. The Morgan fingerprint density at radius 2 is 2.00 bits per heavy atom. The molecule has 6 nitrogen and oxygen atoms in total. The minimum Gasteiger partial charge on any atom is -0.454 e. The SMILES string of the molecule is CC(C)CS(=O)(=O)NCCC(O)c1ccc2c(c1)OCO2. The summed E-state index contributed by atoms with van der Waals surface area (Å²) in [4.78, 5) is 0. The van der Waals surface area contributed by atoms with Crippen LogP contribution in [0.3, 0.4) is 0 Å². The van der Waals surface area contributed by atoms with Crippen LogP contribution in [0.15, 0.2) is 18.2 Å². The van der Waals surface area contributed by atoms with Gasteiger partial charge in [-0.2, -0.15) is 0 Å². The molecule has 0 bridgehead atoms. The van der Waals surface area contributed by atoms with Gasteiger partial charge in [0.25, 0.3) is 0 Å². The van der Waals surface area contributed by atoms with E-state index in [1.54, 1.807) is 18.2 Å². The van der Waals surface area contributed by atoms with Gasteiger partial charge in [0.15, 0.2) is 11.5 Å². The molecule has 0 saturated heterocycles. The number of hydrogen-bond acceptors (Lipinski definition) is 5. The molecule has 2 rings (SSSR count). The Morgan fingerprint density at radius 3 is 2.71 bits per heavy atom. The van der Waals surface area contributed by atoms with E-state index in [2.05, 4.69) is 4.72 Å². The highest BCUT2D eigenvalue weighted by Gasteiger charge is 2.17. The highest BCUT2D eigenvalue weighted by Crippen LogP contribution is 2.34. The molecule has 0 amide bonds. The van der Waals surface area contributed by atoms with Gasteiger partial charge in [-0.3, -0.25) is 0 Å². The van der Waals surface area contributed by atoms with Crippen molar-refractivity contribution in [2.75, 3.05) is 19.1 Å². The molecule has 7 heteroatoms. The summed E-state index contributed by atoms with van der Waals surface area (Å²) in [5.74, 6) is 1.42. The summed E-state index contributed by atoms with van der Waals surface area (Å²) in [6.45, 7) is 4.08. The maximum absolute atomic E-state index is 11.7. The van der Waals surface area contributed by atoms with Gasteiger partial charge in [0.1, 0.15) is 0 Å². The molecule has 0 aromatic heterocycles. The van der Waals surface area contributed by atoms with E-state index in [1.165, 1.54) is 0 Å². The zero-order valence-electron chi connectivity index (χ0n) is 12.2. The van der Waals surface area contributed by atoms with Crippen LogP contribution in [-0.4, -0.2) is 32.6 Å². The van der Waals surface area contributed by atoms with Crippen molar-refractivity contribution in [3.63, 3.8) is 0 Å². The number of nitrogens with one attached hydrogen (secondary N) is 1. The monoisotopic (exact) mass is 315 g/mol. The first-order valence-electron chi connectivity index (χ1n) is 6.92. The van der Waals surface area contributed by atoms with Gasteiger partial charge in [0, 0.05) is 6.54 Å². The van der Waals surface area contributed by atoms with E-state index in [0.717, 1.165) is 0 Å². The minimum absolute atomic E-state index is 0.0706. The summed E-state index contributed by atoms with van der Waals surface area (Å²) in [5, 5.41) is 10.1. The Morgan fingerprint density at radius 1 is 1.29 bits per heavy atom. The Hall–Kier alpha value is -1.31. The van der Waals surface area contributed by atoms with Crippen molar-refractivity contribution in [1.82, 2.24) is 4.72 Å². The molecular weight excluding hydrogens is 294 g/mol. The largest absolute Gasteiger partial charge is 0.454 e. The second-order valence-corrected chi connectivity index (χ2v) is 7.34. The molecule has 1 unspecified atom stereocenters. The summed E-state index contributed by atoms with van der Waals surface area (Å²) in [6, 6.07) is 5.21. The molecule has 0 aliphatic carbocycles. The van der Waals surface area contributed by atoms with Gasteiger partial charge < -0.3 is 14.6 Å².